The summed E-state index contributed by atoms with van der Waals surface area (Å²) in [5.41, 5.74) is 2.46. The van der Waals surface area contributed by atoms with E-state index in [4.69, 9.17) is 4.74 Å². The van der Waals surface area contributed by atoms with Crippen molar-refractivity contribution in [2.45, 2.75) is 26.3 Å². The van der Waals surface area contributed by atoms with Gasteiger partial charge in [-0.25, -0.2) is 4.98 Å². The number of hydrogen-bond acceptors (Lipinski definition) is 6. The zero-order chi connectivity index (χ0) is 18.4. The number of ether oxygens (including phenoxy) is 1. The molecule has 3 aromatic rings. The van der Waals surface area contributed by atoms with Gasteiger partial charge in [-0.15, -0.1) is 0 Å². The van der Waals surface area contributed by atoms with Gasteiger partial charge in [-0.3, -0.25) is 4.98 Å². The highest BCUT2D eigenvalue weighted by Crippen LogP contribution is 2.24. The van der Waals surface area contributed by atoms with Gasteiger partial charge in [-0.1, -0.05) is 19.1 Å². The minimum absolute atomic E-state index is 0.277. The minimum Gasteiger partial charge on any atom is -0.497 e. The summed E-state index contributed by atoms with van der Waals surface area (Å²) in [5, 5.41) is 6.66. The molecule has 0 aliphatic rings. The van der Waals surface area contributed by atoms with E-state index in [1.807, 2.05) is 48.5 Å². The number of rotatable bonds is 7. The number of aromatic nitrogens is 3. The van der Waals surface area contributed by atoms with Crippen molar-refractivity contribution in [1.29, 1.82) is 0 Å². The number of anilines is 3. The van der Waals surface area contributed by atoms with Crippen LogP contribution < -0.4 is 15.4 Å². The van der Waals surface area contributed by atoms with Crippen LogP contribution >= 0.6 is 0 Å². The first-order valence-corrected chi connectivity index (χ1v) is 8.66. The molecule has 3 rings (SSSR count). The van der Waals surface area contributed by atoms with Crippen LogP contribution in [0.15, 0.2) is 54.7 Å². The predicted octanol–water partition coefficient (Wildman–Crippen LogP) is 4.50. The summed E-state index contributed by atoms with van der Waals surface area (Å²) < 4.78 is 5.28. The van der Waals surface area contributed by atoms with Crippen LogP contribution in [0.25, 0.3) is 11.4 Å². The molecule has 6 nitrogen and oxygen atoms in total. The van der Waals surface area contributed by atoms with E-state index in [9.17, 15) is 0 Å². The lowest BCUT2D eigenvalue weighted by Crippen LogP contribution is -2.16. The van der Waals surface area contributed by atoms with E-state index in [1.165, 1.54) is 0 Å². The van der Waals surface area contributed by atoms with Crippen LogP contribution in [0.2, 0.25) is 0 Å². The Kier molecular flexibility index (Phi) is 5.63. The zero-order valence-electron chi connectivity index (χ0n) is 15.2. The molecule has 0 saturated carbocycles. The second kappa shape index (κ2) is 8.29. The predicted molar refractivity (Wildman–Crippen MR) is 105 cm³/mol. The molecule has 0 spiro atoms. The van der Waals surface area contributed by atoms with E-state index in [1.54, 1.807) is 13.3 Å². The van der Waals surface area contributed by atoms with Crippen LogP contribution in [0.1, 0.15) is 20.3 Å². The first kappa shape index (κ1) is 17.7. The Bertz CT molecular complexity index is 854. The second-order valence-electron chi connectivity index (χ2n) is 5.99. The Morgan fingerprint density at radius 3 is 2.65 bits per heavy atom. The molecule has 2 N–H and O–H groups in total. The monoisotopic (exact) mass is 349 g/mol. The smallest absolute Gasteiger partial charge is 0.225 e. The van der Waals surface area contributed by atoms with E-state index >= 15 is 0 Å². The third kappa shape index (κ3) is 4.47. The molecule has 6 heteroatoms. The molecule has 26 heavy (non-hydrogen) atoms. The summed E-state index contributed by atoms with van der Waals surface area (Å²) in [7, 11) is 1.65. The lowest BCUT2D eigenvalue weighted by atomic mass is 10.2. The maximum atomic E-state index is 5.28. The van der Waals surface area contributed by atoms with Gasteiger partial charge in [0.1, 0.15) is 11.6 Å². The average Bonchev–Trinajstić information content (AvgIpc) is 2.68. The molecular weight excluding hydrogens is 326 g/mol. The number of benzene rings is 1. The molecule has 0 saturated heterocycles. The van der Waals surface area contributed by atoms with Gasteiger partial charge in [0, 0.05) is 30.1 Å². The SMILES string of the molecule is CC[C@H](C)Nc1nc(Nc2cccc(OC)c2)cc(-c2ccccn2)n1. The summed E-state index contributed by atoms with van der Waals surface area (Å²) in [6.07, 6.45) is 2.74. The highest BCUT2D eigenvalue weighted by molar-refractivity contribution is 5.65. The van der Waals surface area contributed by atoms with Gasteiger partial charge in [-0.2, -0.15) is 4.98 Å². The van der Waals surface area contributed by atoms with Gasteiger partial charge in [-0.05, 0) is 37.6 Å². The summed E-state index contributed by atoms with van der Waals surface area (Å²) in [4.78, 5) is 13.6. The normalized spacial score (nSPS) is 11.7. The molecule has 0 aliphatic heterocycles. The van der Waals surface area contributed by atoms with Crippen LogP contribution in [0, 0.1) is 0 Å². The number of nitrogens with zero attached hydrogens (tertiary/aromatic N) is 3. The summed E-state index contributed by atoms with van der Waals surface area (Å²) in [5.74, 6) is 2.06. The Morgan fingerprint density at radius 1 is 1.04 bits per heavy atom. The molecular formula is C20H23N5O. The van der Waals surface area contributed by atoms with Crippen LogP contribution in [0.3, 0.4) is 0 Å². The average molecular weight is 349 g/mol. The zero-order valence-corrected chi connectivity index (χ0v) is 15.2. The van der Waals surface area contributed by atoms with Crippen LogP contribution in [0.5, 0.6) is 5.75 Å². The van der Waals surface area contributed by atoms with Crippen molar-refractivity contribution in [3.63, 3.8) is 0 Å². The minimum atomic E-state index is 0.277. The molecule has 1 aromatic carbocycles. The molecule has 0 fully saturated rings. The fraction of sp³-hybridized carbons (Fsp3) is 0.250. The standard InChI is InChI=1S/C20H23N5O/c1-4-14(2)22-20-24-18(17-10-5-6-11-21-17)13-19(25-20)23-15-8-7-9-16(12-15)26-3/h5-14H,4H2,1-3H3,(H2,22,23,24,25)/t14-/m0/s1. The third-order valence-electron chi connectivity index (χ3n) is 3.98. The van der Waals surface area contributed by atoms with Crippen molar-refractivity contribution in [2.24, 2.45) is 0 Å². The fourth-order valence-electron chi connectivity index (χ4n) is 2.39. The molecule has 2 aromatic heterocycles. The molecule has 0 amide bonds. The topological polar surface area (TPSA) is 72.0 Å². The quantitative estimate of drug-likeness (QED) is 0.654. The van der Waals surface area contributed by atoms with Crippen molar-refractivity contribution in [3.8, 4) is 17.1 Å². The Morgan fingerprint density at radius 2 is 1.92 bits per heavy atom. The van der Waals surface area contributed by atoms with Gasteiger partial charge in [0.15, 0.2) is 0 Å². The molecule has 2 heterocycles. The molecule has 0 radical (unpaired) electrons. The molecule has 0 unspecified atom stereocenters. The molecule has 1 atom stereocenters. The lowest BCUT2D eigenvalue weighted by Gasteiger charge is -2.14. The molecule has 134 valence electrons. The number of pyridine rings is 1. The Balaban J connectivity index is 1.96. The molecule has 0 aliphatic carbocycles. The summed E-state index contributed by atoms with van der Waals surface area (Å²) >= 11 is 0. The van der Waals surface area contributed by atoms with Gasteiger partial charge in [0.25, 0.3) is 0 Å². The summed E-state index contributed by atoms with van der Waals surface area (Å²) in [6.45, 7) is 4.22. The van der Waals surface area contributed by atoms with Crippen molar-refractivity contribution in [2.75, 3.05) is 17.7 Å². The summed E-state index contributed by atoms with van der Waals surface area (Å²) in [6, 6.07) is 15.7. The fourth-order valence-corrected chi connectivity index (χ4v) is 2.39. The van der Waals surface area contributed by atoms with Gasteiger partial charge in [0.2, 0.25) is 5.95 Å². The Hall–Kier alpha value is -3.15. The highest BCUT2D eigenvalue weighted by atomic mass is 16.5. The first-order valence-electron chi connectivity index (χ1n) is 8.66. The first-order chi connectivity index (χ1) is 12.7. The molecule has 0 bridgehead atoms. The van der Waals surface area contributed by atoms with E-state index in [0.29, 0.717) is 11.8 Å². The number of methoxy groups -OCH3 is 1. The van der Waals surface area contributed by atoms with E-state index in [2.05, 4.69) is 39.4 Å². The van der Waals surface area contributed by atoms with Gasteiger partial charge >= 0.3 is 0 Å². The third-order valence-corrected chi connectivity index (χ3v) is 3.98. The maximum absolute atomic E-state index is 5.28. The van der Waals surface area contributed by atoms with E-state index in [-0.39, 0.29) is 6.04 Å². The Labute approximate surface area is 153 Å². The van der Waals surface area contributed by atoms with Crippen LogP contribution in [0.4, 0.5) is 17.5 Å². The van der Waals surface area contributed by atoms with Crippen molar-refractivity contribution in [3.05, 3.63) is 54.7 Å². The number of nitrogens with one attached hydrogen (secondary N) is 2. The van der Waals surface area contributed by atoms with Crippen LogP contribution in [-0.4, -0.2) is 28.1 Å². The lowest BCUT2D eigenvalue weighted by molar-refractivity contribution is 0.415. The van der Waals surface area contributed by atoms with Crippen LogP contribution in [-0.2, 0) is 0 Å². The number of hydrogen-bond donors (Lipinski definition) is 2. The van der Waals surface area contributed by atoms with Crippen molar-refractivity contribution >= 4 is 17.5 Å². The highest BCUT2D eigenvalue weighted by Gasteiger charge is 2.10. The largest absolute Gasteiger partial charge is 0.497 e. The van der Waals surface area contributed by atoms with Crippen molar-refractivity contribution in [1.82, 2.24) is 15.0 Å². The second-order valence-corrected chi connectivity index (χ2v) is 5.99. The van der Waals surface area contributed by atoms with Gasteiger partial charge in [0.05, 0.1) is 18.5 Å². The van der Waals surface area contributed by atoms with E-state index < -0.39 is 0 Å². The maximum Gasteiger partial charge on any atom is 0.225 e. The van der Waals surface area contributed by atoms with Gasteiger partial charge < -0.3 is 15.4 Å². The van der Waals surface area contributed by atoms with E-state index in [0.717, 1.165) is 29.2 Å². The van der Waals surface area contributed by atoms with Crippen molar-refractivity contribution < 1.29 is 4.74 Å².